The lowest BCUT2D eigenvalue weighted by Gasteiger charge is -2.09. The molecule has 122 valence electrons. The van der Waals surface area contributed by atoms with Crippen molar-refractivity contribution in [2.24, 2.45) is 12.0 Å². The van der Waals surface area contributed by atoms with Gasteiger partial charge in [0.15, 0.2) is 0 Å². The highest BCUT2D eigenvalue weighted by molar-refractivity contribution is 5.93. The van der Waals surface area contributed by atoms with Gasteiger partial charge in [-0.25, -0.2) is 4.79 Å². The van der Waals surface area contributed by atoms with Gasteiger partial charge in [0.1, 0.15) is 22.9 Å². The molecule has 0 saturated heterocycles. The molecule has 1 aromatic carbocycles. The number of rotatable bonds is 3. The van der Waals surface area contributed by atoms with Crippen LogP contribution in [0.3, 0.4) is 0 Å². The minimum absolute atomic E-state index is 0.117. The first kappa shape index (κ1) is 16.8. The second kappa shape index (κ2) is 6.26. The number of carboxylic acids is 1. The number of nitriles is 1. The van der Waals surface area contributed by atoms with Crippen LogP contribution in [0.5, 0.6) is 11.6 Å². The van der Waals surface area contributed by atoms with Crippen molar-refractivity contribution in [2.75, 3.05) is 0 Å². The Bertz CT molecular complexity index is 967. The molecule has 2 aromatic rings. The molecule has 0 radical (unpaired) electrons. The summed E-state index contributed by atoms with van der Waals surface area (Å²) in [7, 11) is 1.32. The van der Waals surface area contributed by atoms with E-state index in [0.29, 0.717) is 0 Å². The van der Waals surface area contributed by atoms with Crippen molar-refractivity contribution < 1.29 is 20.1 Å². The number of hydrogen-bond acceptors (Lipinski definition) is 6. The maximum absolute atomic E-state index is 11.9. The van der Waals surface area contributed by atoms with E-state index >= 15 is 0 Å². The van der Waals surface area contributed by atoms with E-state index in [0.717, 1.165) is 10.6 Å². The number of carboxylic acid groups (broad SMARTS) is 1. The maximum Gasteiger partial charge on any atom is 0.339 e. The number of carbonyl (C=O) groups is 1. The van der Waals surface area contributed by atoms with Crippen LogP contribution in [0.1, 0.15) is 27.0 Å². The molecule has 0 fully saturated rings. The normalized spacial score (nSPS) is 10.7. The van der Waals surface area contributed by atoms with Gasteiger partial charge in [-0.2, -0.15) is 5.26 Å². The summed E-state index contributed by atoms with van der Waals surface area (Å²) in [5, 5.41) is 37.6. The van der Waals surface area contributed by atoms with E-state index in [2.05, 4.69) is 4.99 Å². The molecule has 1 aromatic heterocycles. The summed E-state index contributed by atoms with van der Waals surface area (Å²) in [5.41, 5.74) is -0.408. The molecule has 24 heavy (non-hydrogen) atoms. The van der Waals surface area contributed by atoms with E-state index < -0.39 is 17.3 Å². The van der Waals surface area contributed by atoms with E-state index in [1.807, 2.05) is 0 Å². The number of nitrogens with zero attached hydrogens (tertiary/aromatic N) is 3. The van der Waals surface area contributed by atoms with Crippen LogP contribution in [0.15, 0.2) is 28.0 Å². The minimum Gasteiger partial charge on any atom is -0.507 e. The summed E-state index contributed by atoms with van der Waals surface area (Å²) >= 11 is 0. The standard InChI is InChI=1S/C16H13N3O5/c1-8-11(6-17)14(21)19(2)15(22)12(8)7-18-9-3-4-13(20)10(5-9)16(23)24/h3-5,7,20,22H,1-2H3,(H,23,24). The van der Waals surface area contributed by atoms with E-state index in [-0.39, 0.29) is 33.8 Å². The molecule has 0 bridgehead atoms. The Balaban J connectivity index is 2.57. The van der Waals surface area contributed by atoms with Gasteiger partial charge in [0.2, 0.25) is 5.88 Å². The Labute approximate surface area is 136 Å². The number of aromatic carboxylic acids is 1. The average Bonchev–Trinajstić information content (AvgIpc) is 2.54. The van der Waals surface area contributed by atoms with Crippen molar-refractivity contribution in [3.05, 3.63) is 50.8 Å². The van der Waals surface area contributed by atoms with Crippen LogP contribution < -0.4 is 5.56 Å². The second-order valence-corrected chi connectivity index (χ2v) is 4.98. The van der Waals surface area contributed by atoms with Crippen LogP contribution >= 0.6 is 0 Å². The summed E-state index contributed by atoms with van der Waals surface area (Å²) in [6.07, 6.45) is 1.23. The highest BCUT2D eigenvalue weighted by Gasteiger charge is 2.16. The third-order valence-corrected chi connectivity index (χ3v) is 3.52. The smallest absolute Gasteiger partial charge is 0.339 e. The molecular formula is C16H13N3O5. The van der Waals surface area contributed by atoms with Crippen LogP contribution in [-0.4, -0.2) is 32.1 Å². The van der Waals surface area contributed by atoms with E-state index in [1.54, 1.807) is 6.07 Å². The topological polar surface area (TPSA) is 136 Å². The van der Waals surface area contributed by atoms with Gasteiger partial charge >= 0.3 is 5.97 Å². The zero-order valence-electron chi connectivity index (χ0n) is 12.8. The van der Waals surface area contributed by atoms with Crippen molar-refractivity contribution in [3.63, 3.8) is 0 Å². The van der Waals surface area contributed by atoms with Crippen molar-refractivity contribution in [3.8, 4) is 17.7 Å². The summed E-state index contributed by atoms with van der Waals surface area (Å²) in [5.74, 6) is -2.07. The predicted molar refractivity (Wildman–Crippen MR) is 85.1 cm³/mol. The molecule has 0 spiro atoms. The summed E-state index contributed by atoms with van der Waals surface area (Å²) in [6.45, 7) is 1.50. The van der Waals surface area contributed by atoms with Crippen molar-refractivity contribution in [1.29, 1.82) is 5.26 Å². The van der Waals surface area contributed by atoms with Crippen LogP contribution in [0, 0.1) is 18.3 Å². The highest BCUT2D eigenvalue weighted by atomic mass is 16.4. The summed E-state index contributed by atoms with van der Waals surface area (Å²) in [4.78, 5) is 26.9. The van der Waals surface area contributed by atoms with Crippen LogP contribution in [-0.2, 0) is 7.05 Å². The lowest BCUT2D eigenvalue weighted by atomic mass is 10.1. The van der Waals surface area contributed by atoms with Crippen molar-refractivity contribution >= 4 is 17.9 Å². The molecule has 0 amide bonds. The first-order valence-corrected chi connectivity index (χ1v) is 6.71. The largest absolute Gasteiger partial charge is 0.507 e. The first-order chi connectivity index (χ1) is 11.3. The van der Waals surface area contributed by atoms with Gasteiger partial charge in [0.25, 0.3) is 5.56 Å². The number of aromatic nitrogens is 1. The third kappa shape index (κ3) is 2.83. The SMILES string of the molecule is Cc1c(C=Nc2ccc(O)c(C(=O)O)c2)c(O)n(C)c(=O)c1C#N. The van der Waals surface area contributed by atoms with Crippen molar-refractivity contribution in [1.82, 2.24) is 4.57 Å². The summed E-state index contributed by atoms with van der Waals surface area (Å²) < 4.78 is 0.923. The molecule has 8 nitrogen and oxygen atoms in total. The maximum atomic E-state index is 11.9. The molecule has 8 heteroatoms. The van der Waals surface area contributed by atoms with Gasteiger partial charge in [-0.15, -0.1) is 0 Å². The quantitative estimate of drug-likeness (QED) is 0.729. The fraction of sp³-hybridized carbons (Fsp3) is 0.125. The molecule has 2 rings (SSSR count). The predicted octanol–water partition coefficient (Wildman–Crippen LogP) is 1.43. The molecule has 0 unspecified atom stereocenters. The average molecular weight is 327 g/mol. The van der Waals surface area contributed by atoms with Gasteiger partial charge in [-0.3, -0.25) is 14.4 Å². The number of aliphatic imine (C=N–C) groups is 1. The van der Waals surface area contributed by atoms with Gasteiger partial charge in [-0.1, -0.05) is 0 Å². The Morgan fingerprint density at radius 1 is 1.38 bits per heavy atom. The minimum atomic E-state index is -1.31. The third-order valence-electron chi connectivity index (χ3n) is 3.52. The van der Waals surface area contributed by atoms with Gasteiger partial charge < -0.3 is 15.3 Å². The van der Waals surface area contributed by atoms with E-state index in [9.17, 15) is 19.8 Å². The molecule has 1 heterocycles. The molecular weight excluding hydrogens is 314 g/mol. The Morgan fingerprint density at radius 2 is 2.04 bits per heavy atom. The fourth-order valence-corrected chi connectivity index (χ4v) is 2.11. The Hall–Kier alpha value is -3.60. The highest BCUT2D eigenvalue weighted by Crippen LogP contribution is 2.24. The zero-order chi connectivity index (χ0) is 18.0. The molecule has 3 N–H and O–H groups in total. The first-order valence-electron chi connectivity index (χ1n) is 6.71. The monoisotopic (exact) mass is 327 g/mol. The Kier molecular flexibility index (Phi) is 4.37. The lowest BCUT2D eigenvalue weighted by Crippen LogP contribution is -2.22. The molecule has 0 saturated carbocycles. The van der Waals surface area contributed by atoms with E-state index in [4.69, 9.17) is 10.4 Å². The zero-order valence-corrected chi connectivity index (χ0v) is 12.8. The molecule has 0 aliphatic carbocycles. The molecule has 0 aliphatic rings. The van der Waals surface area contributed by atoms with Crippen LogP contribution in [0.2, 0.25) is 0 Å². The number of hydrogen-bond donors (Lipinski definition) is 3. The number of phenols is 1. The van der Waals surface area contributed by atoms with Gasteiger partial charge in [0, 0.05) is 13.3 Å². The Morgan fingerprint density at radius 3 is 2.62 bits per heavy atom. The van der Waals surface area contributed by atoms with Crippen LogP contribution in [0.25, 0.3) is 0 Å². The number of pyridine rings is 1. The molecule has 0 atom stereocenters. The van der Waals surface area contributed by atoms with E-state index in [1.165, 1.54) is 32.3 Å². The second-order valence-electron chi connectivity index (χ2n) is 4.98. The van der Waals surface area contributed by atoms with Crippen LogP contribution in [0.4, 0.5) is 5.69 Å². The van der Waals surface area contributed by atoms with Gasteiger partial charge in [0.05, 0.1) is 11.3 Å². The molecule has 0 aliphatic heterocycles. The van der Waals surface area contributed by atoms with Crippen molar-refractivity contribution in [2.45, 2.75) is 6.92 Å². The fourth-order valence-electron chi connectivity index (χ4n) is 2.11. The number of aromatic hydroxyl groups is 2. The lowest BCUT2D eigenvalue weighted by molar-refractivity contribution is 0.0693. The summed E-state index contributed by atoms with van der Waals surface area (Å²) in [6, 6.07) is 5.52. The number of benzene rings is 1. The van der Waals surface area contributed by atoms with Gasteiger partial charge in [-0.05, 0) is 30.7 Å².